The second kappa shape index (κ2) is 12.1. The Labute approximate surface area is 183 Å². The van der Waals surface area contributed by atoms with E-state index in [-0.39, 0.29) is 18.2 Å². The molecule has 2 rings (SSSR count). The molecular weight excluding hydrogens is 404 g/mol. The Morgan fingerprint density at radius 3 is 2.27 bits per heavy atom. The van der Waals surface area contributed by atoms with Crippen molar-refractivity contribution in [3.8, 4) is 11.5 Å². The van der Waals surface area contributed by atoms with E-state index in [2.05, 4.69) is 5.32 Å². The third kappa shape index (κ3) is 6.95. The molecule has 2 aromatic carbocycles. The molecule has 0 radical (unpaired) electrons. The summed E-state index contributed by atoms with van der Waals surface area (Å²) in [5, 5.41) is 3.31. The van der Waals surface area contributed by atoms with Crippen LogP contribution in [0.3, 0.4) is 0 Å². The van der Waals surface area contributed by atoms with Crippen molar-refractivity contribution in [3.05, 3.63) is 59.1 Å². The third-order valence-electron chi connectivity index (χ3n) is 4.76. The zero-order valence-electron chi connectivity index (χ0n) is 17.7. The molecule has 0 bridgehead atoms. The number of rotatable bonds is 11. The van der Waals surface area contributed by atoms with Gasteiger partial charge in [-0.1, -0.05) is 30.7 Å². The Kier molecular flexibility index (Phi) is 9.48. The maximum atomic E-state index is 13.0. The fourth-order valence-corrected chi connectivity index (χ4v) is 3.23. The molecule has 2 amide bonds. The van der Waals surface area contributed by atoms with Crippen LogP contribution in [0, 0.1) is 0 Å². The van der Waals surface area contributed by atoms with E-state index in [0.717, 1.165) is 11.3 Å². The molecule has 6 nitrogen and oxygen atoms in total. The summed E-state index contributed by atoms with van der Waals surface area (Å²) in [5.41, 5.74) is 0.934. The quantitative estimate of drug-likeness (QED) is 0.544. The zero-order chi connectivity index (χ0) is 21.9. The fourth-order valence-electron chi connectivity index (χ4n) is 3.10. The van der Waals surface area contributed by atoms with Gasteiger partial charge in [-0.15, -0.1) is 0 Å². The number of hydrogen-bond donors (Lipinski definition) is 1. The highest BCUT2D eigenvalue weighted by Gasteiger charge is 2.27. The Bertz CT molecular complexity index is 809. The fraction of sp³-hybridized carbons (Fsp3) is 0.391. The molecule has 2 aromatic rings. The van der Waals surface area contributed by atoms with Crippen molar-refractivity contribution in [2.75, 3.05) is 20.8 Å². The Hall–Kier alpha value is -2.73. The molecule has 0 saturated carbocycles. The molecule has 0 fully saturated rings. The second-order valence-corrected chi connectivity index (χ2v) is 7.25. The number of likely N-dealkylation sites (N-methyl/N-ethyl adjacent to an activating group) is 1. The number of nitrogens with zero attached hydrogens (tertiary/aromatic N) is 1. The molecular formula is C23H29ClN2O4. The van der Waals surface area contributed by atoms with Gasteiger partial charge in [0.05, 0.1) is 13.7 Å². The summed E-state index contributed by atoms with van der Waals surface area (Å²) >= 11 is 5.87. The van der Waals surface area contributed by atoms with Crippen molar-refractivity contribution >= 4 is 23.4 Å². The van der Waals surface area contributed by atoms with Crippen molar-refractivity contribution in [3.63, 3.8) is 0 Å². The van der Waals surface area contributed by atoms with E-state index in [1.807, 2.05) is 31.2 Å². The average Bonchev–Trinajstić information content (AvgIpc) is 2.77. The van der Waals surface area contributed by atoms with Crippen LogP contribution in [0.4, 0.5) is 0 Å². The molecule has 0 aliphatic carbocycles. The molecule has 1 N–H and O–H groups in total. The van der Waals surface area contributed by atoms with Gasteiger partial charge in [0, 0.05) is 25.0 Å². The number of carbonyl (C=O) groups is 2. The van der Waals surface area contributed by atoms with Crippen LogP contribution in [0.25, 0.3) is 0 Å². The molecule has 0 spiro atoms. The minimum atomic E-state index is -0.526. The predicted octanol–water partition coefficient (Wildman–Crippen LogP) is 4.06. The summed E-state index contributed by atoms with van der Waals surface area (Å²) in [5.74, 6) is 1.20. The van der Waals surface area contributed by atoms with Crippen molar-refractivity contribution in [1.29, 1.82) is 0 Å². The molecule has 0 heterocycles. The SMILES string of the molecule is CC[C@@H](C(=O)NC)N(Cc1ccc(OC)cc1)C(=O)CCCOc1ccc(Cl)cc1. The van der Waals surface area contributed by atoms with E-state index in [0.29, 0.717) is 36.8 Å². The van der Waals surface area contributed by atoms with Gasteiger partial charge in [-0.3, -0.25) is 9.59 Å². The minimum absolute atomic E-state index is 0.0824. The second-order valence-electron chi connectivity index (χ2n) is 6.81. The number of benzene rings is 2. The predicted molar refractivity (Wildman–Crippen MR) is 118 cm³/mol. The molecule has 0 aromatic heterocycles. The molecule has 30 heavy (non-hydrogen) atoms. The maximum Gasteiger partial charge on any atom is 0.242 e. The van der Waals surface area contributed by atoms with Gasteiger partial charge in [-0.25, -0.2) is 0 Å². The number of carbonyl (C=O) groups excluding carboxylic acids is 2. The van der Waals surface area contributed by atoms with Crippen molar-refractivity contribution < 1.29 is 19.1 Å². The van der Waals surface area contributed by atoms with Crippen LogP contribution in [-0.2, 0) is 16.1 Å². The number of methoxy groups -OCH3 is 1. The third-order valence-corrected chi connectivity index (χ3v) is 5.01. The van der Waals surface area contributed by atoms with E-state index in [1.54, 1.807) is 43.3 Å². The van der Waals surface area contributed by atoms with Crippen LogP contribution in [-0.4, -0.2) is 43.5 Å². The van der Waals surface area contributed by atoms with Crippen LogP contribution in [0.15, 0.2) is 48.5 Å². The average molecular weight is 433 g/mol. The van der Waals surface area contributed by atoms with Crippen LogP contribution >= 0.6 is 11.6 Å². The first-order chi connectivity index (χ1) is 14.5. The standard InChI is InChI=1S/C23H29ClN2O4/c1-4-21(23(28)25-2)26(16-17-7-11-19(29-3)12-8-17)22(27)6-5-15-30-20-13-9-18(24)10-14-20/h7-14,21H,4-6,15-16H2,1-3H3,(H,25,28)/t21-/m0/s1. The monoisotopic (exact) mass is 432 g/mol. The van der Waals surface area contributed by atoms with Crippen LogP contribution in [0.2, 0.25) is 5.02 Å². The van der Waals surface area contributed by atoms with Gasteiger partial charge in [0.25, 0.3) is 0 Å². The molecule has 7 heteroatoms. The number of halogens is 1. The van der Waals surface area contributed by atoms with Crippen molar-refractivity contribution in [2.24, 2.45) is 0 Å². The van der Waals surface area contributed by atoms with Crippen LogP contribution < -0.4 is 14.8 Å². The van der Waals surface area contributed by atoms with Gasteiger partial charge in [-0.05, 0) is 54.8 Å². The topological polar surface area (TPSA) is 67.9 Å². The lowest BCUT2D eigenvalue weighted by Gasteiger charge is -2.30. The number of ether oxygens (including phenoxy) is 2. The van der Waals surface area contributed by atoms with Crippen molar-refractivity contribution in [1.82, 2.24) is 10.2 Å². The molecule has 1 atom stereocenters. The number of nitrogens with one attached hydrogen (secondary N) is 1. The van der Waals surface area contributed by atoms with E-state index in [1.165, 1.54) is 0 Å². The van der Waals surface area contributed by atoms with Crippen LogP contribution in [0.5, 0.6) is 11.5 Å². The van der Waals surface area contributed by atoms with Gasteiger partial charge in [-0.2, -0.15) is 0 Å². The van der Waals surface area contributed by atoms with E-state index in [9.17, 15) is 9.59 Å². The first-order valence-corrected chi connectivity index (χ1v) is 10.4. The number of amides is 2. The lowest BCUT2D eigenvalue weighted by molar-refractivity contribution is -0.141. The summed E-state index contributed by atoms with van der Waals surface area (Å²) in [4.78, 5) is 27.0. The normalized spacial score (nSPS) is 11.5. The summed E-state index contributed by atoms with van der Waals surface area (Å²) in [7, 11) is 3.19. The number of hydrogen-bond acceptors (Lipinski definition) is 4. The summed E-state index contributed by atoms with van der Waals surface area (Å²) in [6.07, 6.45) is 1.37. The Morgan fingerprint density at radius 2 is 1.70 bits per heavy atom. The molecule has 0 aliphatic rings. The summed E-state index contributed by atoms with van der Waals surface area (Å²) in [6, 6.07) is 14.1. The van der Waals surface area contributed by atoms with Gasteiger partial charge < -0.3 is 19.7 Å². The van der Waals surface area contributed by atoms with Gasteiger partial charge >= 0.3 is 0 Å². The first-order valence-electron chi connectivity index (χ1n) is 10.0. The maximum absolute atomic E-state index is 13.0. The molecule has 0 aliphatic heterocycles. The molecule has 0 saturated heterocycles. The lowest BCUT2D eigenvalue weighted by Crippen LogP contribution is -2.48. The summed E-state index contributed by atoms with van der Waals surface area (Å²) in [6.45, 7) is 2.66. The van der Waals surface area contributed by atoms with E-state index < -0.39 is 6.04 Å². The van der Waals surface area contributed by atoms with Gasteiger partial charge in [0.2, 0.25) is 11.8 Å². The summed E-state index contributed by atoms with van der Waals surface area (Å²) < 4.78 is 10.9. The molecule has 0 unspecified atom stereocenters. The van der Waals surface area contributed by atoms with Crippen LogP contribution in [0.1, 0.15) is 31.7 Å². The lowest BCUT2D eigenvalue weighted by atomic mass is 10.1. The zero-order valence-corrected chi connectivity index (χ0v) is 18.4. The minimum Gasteiger partial charge on any atom is -0.497 e. The van der Waals surface area contributed by atoms with E-state index in [4.69, 9.17) is 21.1 Å². The Balaban J connectivity index is 2.01. The smallest absolute Gasteiger partial charge is 0.242 e. The molecule has 162 valence electrons. The van der Waals surface area contributed by atoms with Gasteiger partial charge in [0.15, 0.2) is 0 Å². The highest BCUT2D eigenvalue weighted by atomic mass is 35.5. The Morgan fingerprint density at radius 1 is 1.07 bits per heavy atom. The largest absolute Gasteiger partial charge is 0.497 e. The van der Waals surface area contributed by atoms with Gasteiger partial charge in [0.1, 0.15) is 17.5 Å². The highest BCUT2D eigenvalue weighted by molar-refractivity contribution is 6.30. The van der Waals surface area contributed by atoms with E-state index >= 15 is 0 Å². The first kappa shape index (κ1) is 23.5. The van der Waals surface area contributed by atoms with Crippen molar-refractivity contribution in [2.45, 2.75) is 38.8 Å². The highest BCUT2D eigenvalue weighted by Crippen LogP contribution is 2.18.